The lowest BCUT2D eigenvalue weighted by Crippen LogP contribution is -2.34. The van der Waals surface area contributed by atoms with E-state index in [1.54, 1.807) is 0 Å². The van der Waals surface area contributed by atoms with Gasteiger partial charge in [0.25, 0.3) is 0 Å². The Hall–Kier alpha value is -0.0800. The highest BCUT2D eigenvalue weighted by atomic mass is 16.2. The van der Waals surface area contributed by atoms with Crippen molar-refractivity contribution in [3.8, 4) is 0 Å². The monoisotopic (exact) mass is 213 g/mol. The van der Waals surface area contributed by atoms with Crippen LogP contribution in [-0.4, -0.2) is 24.3 Å². The van der Waals surface area contributed by atoms with E-state index in [1.807, 2.05) is 0 Å². The Labute approximate surface area is 94.5 Å². The molecule has 0 radical (unpaired) electrons. The number of rotatable bonds is 7. The molecule has 1 rings (SSSR count). The quantitative estimate of drug-likeness (QED) is 0.637. The number of hydrogen-bond donors (Lipinski definition) is 2. The Balaban J connectivity index is 1.90. The summed E-state index contributed by atoms with van der Waals surface area (Å²) in [4.78, 5) is 0. The maximum atomic E-state index is 8.64. The van der Waals surface area contributed by atoms with E-state index in [9.17, 15) is 0 Å². The second-order valence-electron chi connectivity index (χ2n) is 5.06. The molecule has 90 valence electrons. The second kappa shape index (κ2) is 8.12. The van der Waals surface area contributed by atoms with Gasteiger partial charge in [-0.2, -0.15) is 0 Å². The molecule has 0 aromatic carbocycles. The van der Waals surface area contributed by atoms with Crippen LogP contribution < -0.4 is 5.32 Å². The first-order valence-corrected chi connectivity index (χ1v) is 6.67. The number of aliphatic hydroxyl groups is 1. The van der Waals surface area contributed by atoms with E-state index in [4.69, 9.17) is 5.11 Å². The normalized spacial score (nSPS) is 26.8. The van der Waals surface area contributed by atoms with Gasteiger partial charge >= 0.3 is 0 Å². The first-order chi connectivity index (χ1) is 7.33. The van der Waals surface area contributed by atoms with Gasteiger partial charge in [-0.25, -0.2) is 0 Å². The van der Waals surface area contributed by atoms with Crippen LogP contribution in [0.2, 0.25) is 0 Å². The van der Waals surface area contributed by atoms with E-state index in [1.165, 1.54) is 51.5 Å². The largest absolute Gasteiger partial charge is 0.396 e. The summed E-state index contributed by atoms with van der Waals surface area (Å²) in [5.74, 6) is 0.922. The van der Waals surface area contributed by atoms with Crippen LogP contribution in [0.4, 0.5) is 0 Å². The van der Waals surface area contributed by atoms with Crippen molar-refractivity contribution < 1.29 is 5.11 Å². The maximum Gasteiger partial charge on any atom is 0.0431 e. The summed E-state index contributed by atoms with van der Waals surface area (Å²) in [7, 11) is 0. The predicted octanol–water partition coefficient (Wildman–Crippen LogP) is 2.71. The van der Waals surface area contributed by atoms with Crippen molar-refractivity contribution in [3.05, 3.63) is 0 Å². The third-order valence-corrected chi connectivity index (χ3v) is 3.45. The summed E-state index contributed by atoms with van der Waals surface area (Å²) in [6, 6.07) is 0.784. The molecule has 0 amide bonds. The zero-order chi connectivity index (χ0) is 10.9. The molecule has 0 saturated heterocycles. The third-order valence-electron chi connectivity index (χ3n) is 3.45. The fraction of sp³-hybridized carbons (Fsp3) is 1.00. The van der Waals surface area contributed by atoms with Gasteiger partial charge in [0.2, 0.25) is 0 Å². The highest BCUT2D eigenvalue weighted by Crippen LogP contribution is 2.23. The average Bonchev–Trinajstić information content (AvgIpc) is 2.23. The maximum absolute atomic E-state index is 8.64. The van der Waals surface area contributed by atoms with Gasteiger partial charge in [0, 0.05) is 12.6 Å². The lowest BCUT2D eigenvalue weighted by Gasteiger charge is -2.27. The molecule has 0 bridgehead atoms. The lowest BCUT2D eigenvalue weighted by atomic mass is 9.87. The van der Waals surface area contributed by atoms with Crippen molar-refractivity contribution in [2.24, 2.45) is 5.92 Å². The smallest absolute Gasteiger partial charge is 0.0431 e. The molecule has 2 N–H and O–H groups in total. The number of unbranched alkanes of at least 4 members (excludes halogenated alkanes) is 3. The van der Waals surface area contributed by atoms with Crippen LogP contribution in [0.3, 0.4) is 0 Å². The van der Waals surface area contributed by atoms with E-state index in [2.05, 4.69) is 12.2 Å². The molecule has 2 atom stereocenters. The molecule has 0 spiro atoms. The van der Waals surface area contributed by atoms with Gasteiger partial charge in [0.1, 0.15) is 0 Å². The van der Waals surface area contributed by atoms with Crippen LogP contribution in [-0.2, 0) is 0 Å². The zero-order valence-corrected chi connectivity index (χ0v) is 10.2. The molecule has 0 aromatic heterocycles. The molecule has 0 aromatic rings. The summed E-state index contributed by atoms with van der Waals surface area (Å²) < 4.78 is 0. The van der Waals surface area contributed by atoms with Crippen LogP contribution in [0.15, 0.2) is 0 Å². The minimum absolute atomic E-state index is 0.355. The van der Waals surface area contributed by atoms with Gasteiger partial charge in [-0.15, -0.1) is 0 Å². The van der Waals surface area contributed by atoms with Crippen LogP contribution in [0, 0.1) is 5.92 Å². The molecule has 1 aliphatic rings. The molecule has 1 aliphatic carbocycles. The van der Waals surface area contributed by atoms with E-state index in [-0.39, 0.29) is 0 Å². The summed E-state index contributed by atoms with van der Waals surface area (Å²) in [5, 5.41) is 12.3. The minimum Gasteiger partial charge on any atom is -0.396 e. The predicted molar refractivity (Wildman–Crippen MR) is 65.0 cm³/mol. The first kappa shape index (κ1) is 13.0. The Morgan fingerprint density at radius 2 is 1.93 bits per heavy atom. The van der Waals surface area contributed by atoms with Gasteiger partial charge < -0.3 is 10.4 Å². The van der Waals surface area contributed by atoms with Crippen LogP contribution in [0.1, 0.15) is 58.3 Å². The average molecular weight is 213 g/mol. The molecule has 15 heavy (non-hydrogen) atoms. The van der Waals surface area contributed by atoms with Crippen molar-refractivity contribution in [1.29, 1.82) is 0 Å². The number of aliphatic hydroxyl groups excluding tert-OH is 1. The highest BCUT2D eigenvalue weighted by molar-refractivity contribution is 4.75. The molecule has 1 fully saturated rings. The third kappa shape index (κ3) is 6.16. The summed E-state index contributed by atoms with van der Waals surface area (Å²) in [6.07, 6.45) is 10.3. The van der Waals surface area contributed by atoms with Crippen molar-refractivity contribution in [2.45, 2.75) is 64.3 Å². The Bertz CT molecular complexity index is 149. The molecule has 2 unspecified atom stereocenters. The number of hydrogen-bond acceptors (Lipinski definition) is 2. The summed E-state index contributed by atoms with van der Waals surface area (Å²) in [5.41, 5.74) is 0. The minimum atomic E-state index is 0.355. The molecule has 2 nitrogen and oxygen atoms in total. The molecular formula is C13H27NO. The molecule has 0 aliphatic heterocycles. The molecule has 2 heteroatoms. The van der Waals surface area contributed by atoms with E-state index >= 15 is 0 Å². The van der Waals surface area contributed by atoms with Gasteiger partial charge in [-0.1, -0.05) is 32.6 Å². The van der Waals surface area contributed by atoms with Crippen LogP contribution >= 0.6 is 0 Å². The van der Waals surface area contributed by atoms with Crippen molar-refractivity contribution in [2.75, 3.05) is 13.2 Å². The van der Waals surface area contributed by atoms with Gasteiger partial charge in [-0.05, 0) is 38.1 Å². The van der Waals surface area contributed by atoms with Gasteiger partial charge in [0.05, 0.1) is 0 Å². The second-order valence-corrected chi connectivity index (χ2v) is 5.06. The molecular weight excluding hydrogens is 186 g/mol. The fourth-order valence-electron chi connectivity index (χ4n) is 2.52. The standard InChI is InChI=1S/C13H27NO/c1-12-7-6-8-13(11-12)14-9-4-2-3-5-10-15/h12-15H,2-11H2,1H3. The van der Waals surface area contributed by atoms with Crippen LogP contribution in [0.5, 0.6) is 0 Å². The van der Waals surface area contributed by atoms with Gasteiger partial charge in [0.15, 0.2) is 0 Å². The topological polar surface area (TPSA) is 32.3 Å². The van der Waals surface area contributed by atoms with E-state index in [0.29, 0.717) is 6.61 Å². The Morgan fingerprint density at radius 3 is 2.67 bits per heavy atom. The SMILES string of the molecule is CC1CCCC(NCCCCCCO)C1. The van der Waals surface area contributed by atoms with Crippen molar-refractivity contribution in [3.63, 3.8) is 0 Å². The number of nitrogens with one attached hydrogen (secondary N) is 1. The summed E-state index contributed by atoms with van der Waals surface area (Å²) in [6.45, 7) is 3.89. The molecule has 0 heterocycles. The Kier molecular flexibility index (Phi) is 7.03. The van der Waals surface area contributed by atoms with Gasteiger partial charge in [-0.3, -0.25) is 0 Å². The zero-order valence-electron chi connectivity index (χ0n) is 10.2. The van der Waals surface area contributed by atoms with Crippen LogP contribution in [0.25, 0.3) is 0 Å². The lowest BCUT2D eigenvalue weighted by molar-refractivity contribution is 0.280. The first-order valence-electron chi connectivity index (χ1n) is 6.67. The fourth-order valence-corrected chi connectivity index (χ4v) is 2.52. The van der Waals surface area contributed by atoms with E-state index < -0.39 is 0 Å². The van der Waals surface area contributed by atoms with Crippen molar-refractivity contribution >= 4 is 0 Å². The highest BCUT2D eigenvalue weighted by Gasteiger charge is 2.17. The van der Waals surface area contributed by atoms with E-state index in [0.717, 1.165) is 18.4 Å². The van der Waals surface area contributed by atoms with Crippen molar-refractivity contribution in [1.82, 2.24) is 5.32 Å². The summed E-state index contributed by atoms with van der Waals surface area (Å²) >= 11 is 0. The molecule has 1 saturated carbocycles. The Morgan fingerprint density at radius 1 is 1.13 bits per heavy atom.